The van der Waals surface area contributed by atoms with Crippen molar-refractivity contribution < 1.29 is 0 Å². The summed E-state index contributed by atoms with van der Waals surface area (Å²) in [7, 11) is 0. The molecule has 0 radical (unpaired) electrons. The largest absolute Gasteiger partial charge is 0.351 e. The molecule has 0 amide bonds. The highest BCUT2D eigenvalue weighted by Gasteiger charge is 2.41. The van der Waals surface area contributed by atoms with Gasteiger partial charge < -0.3 is 10.2 Å². The summed E-state index contributed by atoms with van der Waals surface area (Å²) in [6, 6.07) is 18.9. The van der Waals surface area contributed by atoms with Crippen LogP contribution in [0.25, 0.3) is 0 Å². The van der Waals surface area contributed by atoms with E-state index in [4.69, 9.17) is 12.2 Å². The van der Waals surface area contributed by atoms with Gasteiger partial charge in [-0.3, -0.25) is 4.98 Å². The van der Waals surface area contributed by atoms with E-state index in [1.807, 2.05) is 18.3 Å². The maximum absolute atomic E-state index is 5.69. The van der Waals surface area contributed by atoms with E-state index in [-0.39, 0.29) is 12.1 Å². The molecule has 0 bridgehead atoms. The Morgan fingerprint density at radius 3 is 2.75 bits per heavy atom. The van der Waals surface area contributed by atoms with Gasteiger partial charge in [0.15, 0.2) is 5.11 Å². The molecule has 3 heterocycles. The SMILES string of the molecule is Cc1cccc(N2C(=S)N[C@@H](c3ccccn3)[C@@H]2c2cccs2)c1. The molecular weight excluding hydrogens is 334 g/mol. The molecule has 0 aliphatic carbocycles. The van der Waals surface area contributed by atoms with Gasteiger partial charge in [-0.15, -0.1) is 11.3 Å². The maximum atomic E-state index is 5.69. The molecule has 120 valence electrons. The molecule has 2 aromatic heterocycles. The van der Waals surface area contributed by atoms with Gasteiger partial charge in [0.1, 0.15) is 0 Å². The number of thiocarbonyl (C=S) groups is 1. The number of thiophene rings is 1. The van der Waals surface area contributed by atoms with E-state index in [2.05, 4.69) is 70.0 Å². The van der Waals surface area contributed by atoms with Crippen LogP contribution in [0.5, 0.6) is 0 Å². The first-order valence-corrected chi connectivity index (χ1v) is 9.13. The number of hydrogen-bond acceptors (Lipinski definition) is 3. The van der Waals surface area contributed by atoms with Crippen molar-refractivity contribution in [2.75, 3.05) is 4.90 Å². The average molecular weight is 352 g/mol. The molecule has 4 rings (SSSR count). The number of anilines is 1. The van der Waals surface area contributed by atoms with Crippen molar-refractivity contribution >= 4 is 34.4 Å². The summed E-state index contributed by atoms with van der Waals surface area (Å²) < 4.78 is 0. The molecule has 0 spiro atoms. The van der Waals surface area contributed by atoms with Crippen LogP contribution in [0.15, 0.2) is 66.2 Å². The second-order valence-electron chi connectivity index (χ2n) is 5.85. The predicted octanol–water partition coefficient (Wildman–Crippen LogP) is 4.63. The van der Waals surface area contributed by atoms with Crippen molar-refractivity contribution in [3.05, 3.63) is 82.3 Å². The normalized spacial score (nSPS) is 20.2. The Labute approximate surface area is 151 Å². The Morgan fingerprint density at radius 1 is 1.12 bits per heavy atom. The van der Waals surface area contributed by atoms with Crippen molar-refractivity contribution in [1.29, 1.82) is 0 Å². The molecule has 1 saturated heterocycles. The molecule has 1 aromatic carbocycles. The molecule has 24 heavy (non-hydrogen) atoms. The van der Waals surface area contributed by atoms with Gasteiger partial charge >= 0.3 is 0 Å². The molecule has 0 saturated carbocycles. The Morgan fingerprint density at radius 2 is 2.04 bits per heavy atom. The topological polar surface area (TPSA) is 28.2 Å². The maximum Gasteiger partial charge on any atom is 0.174 e. The fraction of sp³-hybridized carbons (Fsp3) is 0.158. The molecule has 0 unspecified atom stereocenters. The Hall–Kier alpha value is -2.24. The van der Waals surface area contributed by atoms with E-state index in [1.165, 1.54) is 10.4 Å². The molecule has 3 nitrogen and oxygen atoms in total. The van der Waals surface area contributed by atoms with Gasteiger partial charge in [-0.2, -0.15) is 0 Å². The smallest absolute Gasteiger partial charge is 0.174 e. The van der Waals surface area contributed by atoms with Crippen LogP contribution < -0.4 is 10.2 Å². The third-order valence-electron chi connectivity index (χ3n) is 4.21. The molecule has 1 N–H and O–H groups in total. The predicted molar refractivity (Wildman–Crippen MR) is 103 cm³/mol. The van der Waals surface area contributed by atoms with Crippen LogP contribution in [-0.2, 0) is 0 Å². The van der Waals surface area contributed by atoms with Crippen molar-refractivity contribution in [3.8, 4) is 0 Å². The van der Waals surface area contributed by atoms with E-state index in [0.717, 1.165) is 16.5 Å². The first kappa shape index (κ1) is 15.3. The lowest BCUT2D eigenvalue weighted by Gasteiger charge is -2.27. The first-order valence-electron chi connectivity index (χ1n) is 7.85. The van der Waals surface area contributed by atoms with Crippen molar-refractivity contribution in [2.24, 2.45) is 0 Å². The third-order valence-corrected chi connectivity index (χ3v) is 5.47. The molecule has 3 aromatic rings. The standard InChI is InChI=1S/C19H17N3S2/c1-13-6-4-7-14(12-13)22-18(16-9-5-11-24-16)17(21-19(22)23)15-8-2-3-10-20-15/h2-12,17-18H,1H3,(H,21,23)/t17-,18-/m0/s1. The number of nitrogens with one attached hydrogen (secondary N) is 1. The van der Waals surface area contributed by atoms with Crippen LogP contribution >= 0.6 is 23.6 Å². The summed E-state index contributed by atoms with van der Waals surface area (Å²) in [6.07, 6.45) is 1.83. The molecule has 1 aliphatic rings. The van der Waals surface area contributed by atoms with Gasteiger partial charge in [-0.1, -0.05) is 24.3 Å². The number of nitrogens with zero attached hydrogens (tertiary/aromatic N) is 2. The second kappa shape index (κ2) is 6.34. The summed E-state index contributed by atoms with van der Waals surface area (Å²) in [5, 5.41) is 6.33. The minimum absolute atomic E-state index is 0.0397. The fourth-order valence-electron chi connectivity index (χ4n) is 3.16. The Balaban J connectivity index is 1.82. The summed E-state index contributed by atoms with van der Waals surface area (Å²) in [4.78, 5) is 8.05. The number of rotatable bonds is 3. The van der Waals surface area contributed by atoms with Crippen LogP contribution in [0.3, 0.4) is 0 Å². The zero-order valence-electron chi connectivity index (χ0n) is 13.2. The summed E-state index contributed by atoms with van der Waals surface area (Å²) in [6.45, 7) is 2.10. The first-order chi connectivity index (χ1) is 11.7. The van der Waals surface area contributed by atoms with Crippen LogP contribution in [0, 0.1) is 6.92 Å². The van der Waals surface area contributed by atoms with Crippen molar-refractivity contribution in [1.82, 2.24) is 10.3 Å². The lowest BCUT2D eigenvalue weighted by Crippen LogP contribution is -2.29. The minimum Gasteiger partial charge on any atom is -0.351 e. The summed E-state index contributed by atoms with van der Waals surface area (Å²) >= 11 is 7.44. The van der Waals surface area contributed by atoms with E-state index in [1.54, 1.807) is 11.3 Å². The number of benzene rings is 1. The van der Waals surface area contributed by atoms with Crippen LogP contribution in [0.1, 0.15) is 28.2 Å². The highest BCUT2D eigenvalue weighted by atomic mass is 32.1. The number of aryl methyl sites for hydroxylation is 1. The van der Waals surface area contributed by atoms with Crippen LogP contribution in [0.2, 0.25) is 0 Å². The van der Waals surface area contributed by atoms with Gasteiger partial charge in [0.2, 0.25) is 0 Å². The Kier molecular flexibility index (Phi) is 4.04. The number of pyridine rings is 1. The Bertz CT molecular complexity index is 846. The third kappa shape index (κ3) is 2.70. The monoisotopic (exact) mass is 351 g/mol. The van der Waals surface area contributed by atoms with E-state index >= 15 is 0 Å². The quantitative estimate of drug-likeness (QED) is 0.697. The van der Waals surface area contributed by atoms with Crippen molar-refractivity contribution in [3.63, 3.8) is 0 Å². The zero-order valence-corrected chi connectivity index (χ0v) is 14.8. The van der Waals surface area contributed by atoms with Gasteiger partial charge in [0, 0.05) is 16.8 Å². The fourth-order valence-corrected chi connectivity index (χ4v) is 4.36. The lowest BCUT2D eigenvalue weighted by atomic mass is 10.0. The van der Waals surface area contributed by atoms with Gasteiger partial charge in [0.25, 0.3) is 0 Å². The minimum atomic E-state index is 0.0397. The average Bonchev–Trinajstić information content (AvgIpc) is 3.23. The summed E-state index contributed by atoms with van der Waals surface area (Å²) in [5.74, 6) is 0. The number of aromatic nitrogens is 1. The highest BCUT2D eigenvalue weighted by molar-refractivity contribution is 7.80. The van der Waals surface area contributed by atoms with Gasteiger partial charge in [-0.05, 0) is 60.4 Å². The van der Waals surface area contributed by atoms with Crippen molar-refractivity contribution in [2.45, 2.75) is 19.0 Å². The van der Waals surface area contributed by atoms with Crippen LogP contribution in [-0.4, -0.2) is 10.1 Å². The van der Waals surface area contributed by atoms with Gasteiger partial charge in [-0.25, -0.2) is 0 Å². The van der Waals surface area contributed by atoms with E-state index < -0.39 is 0 Å². The molecule has 5 heteroatoms. The lowest BCUT2D eigenvalue weighted by molar-refractivity contribution is 0.575. The van der Waals surface area contributed by atoms with Gasteiger partial charge in [0.05, 0.1) is 17.8 Å². The zero-order chi connectivity index (χ0) is 16.5. The van der Waals surface area contributed by atoms with Crippen LogP contribution in [0.4, 0.5) is 5.69 Å². The molecular formula is C19H17N3S2. The van der Waals surface area contributed by atoms with E-state index in [0.29, 0.717) is 0 Å². The molecule has 1 aliphatic heterocycles. The molecule has 1 fully saturated rings. The van der Waals surface area contributed by atoms with E-state index in [9.17, 15) is 0 Å². The molecule has 2 atom stereocenters. The highest BCUT2D eigenvalue weighted by Crippen LogP contribution is 2.42. The second-order valence-corrected chi connectivity index (χ2v) is 7.22. The summed E-state index contributed by atoms with van der Waals surface area (Å²) in [5.41, 5.74) is 3.35. The number of hydrogen-bond donors (Lipinski definition) is 1.